The lowest BCUT2D eigenvalue weighted by atomic mass is 9.76. The number of hydrogen-bond donors (Lipinski definition) is 0. The van der Waals surface area contributed by atoms with Crippen LogP contribution in [0.5, 0.6) is 0 Å². The van der Waals surface area contributed by atoms with Crippen molar-refractivity contribution in [3.63, 3.8) is 0 Å². The third-order valence-electron chi connectivity index (χ3n) is 6.62. The summed E-state index contributed by atoms with van der Waals surface area (Å²) in [6, 6.07) is 31.5. The number of methoxy groups -OCH3 is 1. The molecule has 0 fully saturated rings. The maximum absolute atomic E-state index is 12.4. The van der Waals surface area contributed by atoms with Gasteiger partial charge in [-0.2, -0.15) is 5.10 Å². The first-order valence-corrected chi connectivity index (χ1v) is 12.1. The van der Waals surface area contributed by atoms with Crippen LogP contribution in [-0.2, 0) is 21.5 Å². The van der Waals surface area contributed by atoms with Gasteiger partial charge in [-0.05, 0) is 51.0 Å². The number of carbonyl (C=O) groups is 1. The molecule has 5 rings (SSSR count). The summed E-state index contributed by atoms with van der Waals surface area (Å²) in [5.41, 5.74) is 5.30. The van der Waals surface area contributed by atoms with Crippen LogP contribution in [0.3, 0.4) is 0 Å². The van der Waals surface area contributed by atoms with Crippen molar-refractivity contribution in [3.8, 4) is 0 Å². The first-order valence-electron chi connectivity index (χ1n) is 11.3. The van der Waals surface area contributed by atoms with Crippen molar-refractivity contribution in [1.29, 1.82) is 0 Å². The lowest BCUT2D eigenvalue weighted by Gasteiger charge is -2.38. The van der Waals surface area contributed by atoms with Gasteiger partial charge in [0.2, 0.25) is 0 Å². The molecule has 0 bridgehead atoms. The normalized spacial score (nSPS) is 15.4. The average Bonchev–Trinajstić information content (AvgIpc) is 3.20. The fourth-order valence-corrected chi connectivity index (χ4v) is 5.53. The number of hydrogen-bond acceptors (Lipinski definition) is 3. The number of rotatable bonds is 5. The smallest absolute Gasteiger partial charge is 0.334 e. The highest BCUT2D eigenvalue weighted by molar-refractivity contribution is 9.10. The van der Waals surface area contributed by atoms with Crippen molar-refractivity contribution in [2.75, 3.05) is 7.11 Å². The molecule has 0 aliphatic heterocycles. The van der Waals surface area contributed by atoms with Crippen molar-refractivity contribution in [2.24, 2.45) is 5.92 Å². The third-order valence-corrected chi connectivity index (χ3v) is 7.21. The van der Waals surface area contributed by atoms with E-state index in [-0.39, 0.29) is 11.9 Å². The maximum Gasteiger partial charge on any atom is 0.334 e. The summed E-state index contributed by atoms with van der Waals surface area (Å²) in [7, 11) is 1.43. The summed E-state index contributed by atoms with van der Waals surface area (Å²) in [4.78, 5) is 12.4. The number of carbonyl (C=O) groups excluding carboxylic acids is 1. The Labute approximate surface area is 208 Å². The van der Waals surface area contributed by atoms with Crippen LogP contribution in [0.25, 0.3) is 6.08 Å². The van der Waals surface area contributed by atoms with Gasteiger partial charge in [0.1, 0.15) is 10.1 Å². The molecule has 0 N–H and O–H groups in total. The van der Waals surface area contributed by atoms with Crippen LogP contribution in [0.1, 0.15) is 34.9 Å². The van der Waals surface area contributed by atoms with Gasteiger partial charge in [-0.1, -0.05) is 97.9 Å². The largest absolute Gasteiger partial charge is 0.466 e. The number of ether oxygens (including phenoxy) is 1. The quantitative estimate of drug-likeness (QED) is 0.235. The molecule has 0 saturated heterocycles. The number of esters is 1. The second-order valence-electron chi connectivity index (χ2n) is 8.57. The molecule has 0 spiro atoms. The summed E-state index contributed by atoms with van der Waals surface area (Å²) < 4.78 is 7.90. The van der Waals surface area contributed by atoms with Crippen LogP contribution in [0.15, 0.2) is 101 Å². The topological polar surface area (TPSA) is 44.1 Å². The Morgan fingerprint density at radius 2 is 1.38 bits per heavy atom. The van der Waals surface area contributed by atoms with E-state index in [0.717, 1.165) is 27.9 Å². The summed E-state index contributed by atoms with van der Waals surface area (Å²) in [6.45, 7) is 2.06. The van der Waals surface area contributed by atoms with Gasteiger partial charge in [0.25, 0.3) is 0 Å². The highest BCUT2D eigenvalue weighted by Gasteiger charge is 2.43. The number of halogens is 1. The predicted octanol–water partition coefficient (Wildman–Crippen LogP) is 6.23. The molecule has 1 aromatic heterocycles. The Kier molecular flexibility index (Phi) is 5.96. The number of nitrogens with zero attached hydrogens (tertiary/aromatic N) is 2. The van der Waals surface area contributed by atoms with Crippen LogP contribution in [0.4, 0.5) is 0 Å². The van der Waals surface area contributed by atoms with E-state index in [4.69, 9.17) is 9.84 Å². The molecule has 3 aromatic carbocycles. The van der Waals surface area contributed by atoms with Crippen molar-refractivity contribution < 1.29 is 9.53 Å². The molecule has 0 amide bonds. The fraction of sp³-hybridized carbons (Fsp3) is 0.172. The van der Waals surface area contributed by atoms with Crippen LogP contribution >= 0.6 is 15.9 Å². The minimum absolute atomic E-state index is 0.00215. The SMILES string of the molecule is COC(=O)C1=Cc2c(Br)nn(C(c3ccccc3)(c3ccccc3)c3ccccc3)c2CC1C. The molecular weight excluding hydrogens is 488 g/mol. The first-order chi connectivity index (χ1) is 16.6. The van der Waals surface area contributed by atoms with Gasteiger partial charge < -0.3 is 4.74 Å². The molecule has 0 saturated carbocycles. The summed E-state index contributed by atoms with van der Waals surface area (Å²) in [5, 5.41) is 5.08. The lowest BCUT2D eigenvalue weighted by Crippen LogP contribution is -2.40. The monoisotopic (exact) mass is 512 g/mol. The van der Waals surface area contributed by atoms with E-state index in [1.165, 1.54) is 7.11 Å². The highest BCUT2D eigenvalue weighted by atomic mass is 79.9. The molecule has 1 heterocycles. The minimum atomic E-state index is -0.698. The van der Waals surface area contributed by atoms with E-state index in [2.05, 4.69) is 100 Å². The standard InChI is InChI=1S/C29H25BrN2O2/c1-20-18-26-25(19-24(20)28(33)34-2)27(30)31-32(26)29(21-12-6-3-7-13-21,22-14-8-4-9-15-22)23-16-10-5-11-17-23/h3-17,19-20H,18H2,1-2H3. The minimum Gasteiger partial charge on any atom is -0.466 e. The zero-order valence-corrected chi connectivity index (χ0v) is 20.7. The zero-order valence-electron chi connectivity index (χ0n) is 19.1. The van der Waals surface area contributed by atoms with Crippen molar-refractivity contribution >= 4 is 28.0 Å². The number of benzene rings is 3. The molecule has 170 valence electrons. The maximum atomic E-state index is 12.4. The molecule has 4 nitrogen and oxygen atoms in total. The van der Waals surface area contributed by atoms with E-state index in [0.29, 0.717) is 16.6 Å². The third kappa shape index (κ3) is 3.51. The Morgan fingerprint density at radius 3 is 1.82 bits per heavy atom. The molecule has 1 aliphatic carbocycles. The van der Waals surface area contributed by atoms with Gasteiger partial charge in [0, 0.05) is 16.8 Å². The molecule has 4 aromatic rings. The van der Waals surface area contributed by atoms with Crippen LogP contribution in [0, 0.1) is 5.92 Å². The molecular formula is C29H25BrN2O2. The van der Waals surface area contributed by atoms with Gasteiger partial charge >= 0.3 is 5.97 Å². The Morgan fingerprint density at radius 1 is 0.912 bits per heavy atom. The number of aromatic nitrogens is 2. The first kappa shape index (κ1) is 22.4. The summed E-state index contributed by atoms with van der Waals surface area (Å²) >= 11 is 3.70. The summed E-state index contributed by atoms with van der Waals surface area (Å²) in [5.74, 6) is -0.291. The molecule has 0 radical (unpaired) electrons. The zero-order chi connectivity index (χ0) is 23.7. The van der Waals surface area contributed by atoms with Gasteiger partial charge in [-0.25, -0.2) is 9.48 Å². The second-order valence-corrected chi connectivity index (χ2v) is 9.32. The Hall–Kier alpha value is -3.44. The van der Waals surface area contributed by atoms with Gasteiger partial charge in [-0.15, -0.1) is 0 Å². The van der Waals surface area contributed by atoms with E-state index in [1.807, 2.05) is 24.3 Å². The van der Waals surface area contributed by atoms with Crippen LogP contribution in [0.2, 0.25) is 0 Å². The molecule has 1 unspecified atom stereocenters. The second kappa shape index (κ2) is 9.07. The average molecular weight is 513 g/mol. The van der Waals surface area contributed by atoms with Crippen LogP contribution in [-0.4, -0.2) is 22.9 Å². The Bertz CT molecular complexity index is 1250. The molecule has 34 heavy (non-hydrogen) atoms. The van der Waals surface area contributed by atoms with E-state index >= 15 is 0 Å². The lowest BCUT2D eigenvalue weighted by molar-refractivity contribution is -0.136. The number of fused-ring (bicyclic) bond motifs is 1. The van der Waals surface area contributed by atoms with E-state index in [1.54, 1.807) is 0 Å². The molecule has 1 atom stereocenters. The van der Waals surface area contributed by atoms with Gasteiger partial charge in [0.05, 0.1) is 7.11 Å². The van der Waals surface area contributed by atoms with E-state index in [9.17, 15) is 4.79 Å². The highest BCUT2D eigenvalue weighted by Crippen LogP contribution is 2.44. The molecule has 5 heteroatoms. The van der Waals surface area contributed by atoms with Crippen molar-refractivity contribution in [2.45, 2.75) is 18.9 Å². The van der Waals surface area contributed by atoms with Gasteiger partial charge in [-0.3, -0.25) is 0 Å². The molecule has 1 aliphatic rings. The van der Waals surface area contributed by atoms with E-state index < -0.39 is 5.54 Å². The predicted molar refractivity (Wildman–Crippen MR) is 137 cm³/mol. The van der Waals surface area contributed by atoms with Gasteiger partial charge in [0.15, 0.2) is 0 Å². The van der Waals surface area contributed by atoms with Crippen LogP contribution < -0.4 is 0 Å². The van der Waals surface area contributed by atoms with Crippen molar-refractivity contribution in [1.82, 2.24) is 9.78 Å². The fourth-order valence-electron chi connectivity index (χ4n) is 5.03. The summed E-state index contributed by atoms with van der Waals surface area (Å²) in [6.07, 6.45) is 2.60. The van der Waals surface area contributed by atoms with Crippen molar-refractivity contribution in [3.05, 3.63) is 129 Å². The Balaban J connectivity index is 1.88.